The van der Waals surface area contributed by atoms with Crippen LogP contribution in [0.2, 0.25) is 0 Å². The third kappa shape index (κ3) is 11.0. The number of halogens is 2. The summed E-state index contributed by atoms with van der Waals surface area (Å²) in [5.41, 5.74) is 0. The van der Waals surface area contributed by atoms with E-state index in [-0.39, 0.29) is 6.15 Å². The Kier molecular flexibility index (Phi) is 10.2. The minimum absolute atomic E-state index is 0. The summed E-state index contributed by atoms with van der Waals surface area (Å²) < 4.78 is 0. The molecule has 0 unspecified atom stereocenters. The van der Waals surface area contributed by atoms with Crippen molar-refractivity contribution in [3.63, 3.8) is 0 Å². The Morgan fingerprint density at radius 1 is 0.923 bits per heavy atom. The third-order valence-corrected chi connectivity index (χ3v) is 1.16. The van der Waals surface area contributed by atoms with Gasteiger partial charge in [0, 0.05) is 12.4 Å². The lowest BCUT2D eigenvalue weighted by molar-refractivity contribution is -0.127. The molecule has 1 heterocycles. The van der Waals surface area contributed by atoms with Gasteiger partial charge in [-0.2, -0.15) is 0 Å². The molecule has 3 N–H and O–H groups in total. The lowest BCUT2D eigenvalue weighted by atomic mass is 10.5. The first-order chi connectivity index (χ1) is 5.64. The van der Waals surface area contributed by atoms with E-state index < -0.39 is 10.5 Å². The van der Waals surface area contributed by atoms with Gasteiger partial charge in [0.25, 0.3) is 0 Å². The second-order valence-corrected chi connectivity index (χ2v) is 2.26. The van der Waals surface area contributed by atoms with E-state index in [1.165, 1.54) is 0 Å². The van der Waals surface area contributed by atoms with Gasteiger partial charge in [-0.1, -0.05) is 6.07 Å². The maximum absolute atomic E-state index is 9.43. The fourth-order valence-corrected chi connectivity index (χ4v) is 0.313. The van der Waals surface area contributed by atoms with Crippen LogP contribution in [0.5, 0.6) is 0 Å². The number of carbonyl (C=O) groups excluding carboxylic acids is 2. The summed E-state index contributed by atoms with van der Waals surface area (Å²) in [5, 5.41) is -2.28. The molecule has 1 aromatic rings. The van der Waals surface area contributed by atoms with Crippen LogP contribution in [-0.4, -0.2) is 15.5 Å². The Morgan fingerprint density at radius 2 is 1.31 bits per heavy atom. The van der Waals surface area contributed by atoms with Crippen LogP contribution in [0.25, 0.3) is 0 Å². The standard InChI is InChI=1S/C5H5N.C2Cl2O2.H3N/c1-2-4-6-5-3-1;3-1(5)2(4)6;/h1-5H;;1H3. The van der Waals surface area contributed by atoms with Crippen LogP contribution in [0.1, 0.15) is 0 Å². The highest BCUT2D eigenvalue weighted by atomic mass is 35.5. The summed E-state index contributed by atoms with van der Waals surface area (Å²) in [7, 11) is 0. The maximum atomic E-state index is 9.43. The van der Waals surface area contributed by atoms with Crippen molar-refractivity contribution in [3.8, 4) is 0 Å². The topological polar surface area (TPSA) is 82.0 Å². The van der Waals surface area contributed by atoms with Crippen LogP contribution < -0.4 is 6.15 Å². The predicted molar refractivity (Wildman–Crippen MR) is 51.0 cm³/mol. The van der Waals surface area contributed by atoms with Gasteiger partial charge >= 0.3 is 10.5 Å². The van der Waals surface area contributed by atoms with Crippen LogP contribution in [0, 0.1) is 0 Å². The van der Waals surface area contributed by atoms with E-state index in [2.05, 4.69) is 28.2 Å². The lowest BCUT2D eigenvalue weighted by Gasteiger charge is -1.70. The van der Waals surface area contributed by atoms with Crippen LogP contribution in [0.4, 0.5) is 0 Å². The molecule has 0 fully saturated rings. The van der Waals surface area contributed by atoms with Crippen molar-refractivity contribution in [2.75, 3.05) is 0 Å². The van der Waals surface area contributed by atoms with Gasteiger partial charge in [-0.25, -0.2) is 0 Å². The zero-order valence-electron chi connectivity index (χ0n) is 6.61. The average Bonchev–Trinajstić information content (AvgIpc) is 2.08. The van der Waals surface area contributed by atoms with Crippen molar-refractivity contribution in [1.29, 1.82) is 0 Å². The molecule has 0 aromatic carbocycles. The first-order valence-corrected chi connectivity index (χ1v) is 3.64. The minimum atomic E-state index is -1.14. The number of hydrogen-bond acceptors (Lipinski definition) is 4. The van der Waals surface area contributed by atoms with Gasteiger partial charge in [-0.05, 0) is 35.3 Å². The van der Waals surface area contributed by atoms with Crippen LogP contribution in [0.3, 0.4) is 0 Å². The summed E-state index contributed by atoms with van der Waals surface area (Å²) in [6.45, 7) is 0. The Balaban J connectivity index is 0. The van der Waals surface area contributed by atoms with Crippen molar-refractivity contribution < 1.29 is 9.59 Å². The van der Waals surface area contributed by atoms with E-state index in [0.29, 0.717) is 0 Å². The Bertz CT molecular complexity index is 215. The highest BCUT2D eigenvalue weighted by Crippen LogP contribution is 1.84. The van der Waals surface area contributed by atoms with Crippen LogP contribution >= 0.6 is 23.2 Å². The number of carbonyl (C=O) groups is 2. The molecule has 0 amide bonds. The zero-order chi connectivity index (χ0) is 9.40. The van der Waals surface area contributed by atoms with Gasteiger partial charge in [0.15, 0.2) is 0 Å². The number of aromatic nitrogens is 1. The molecule has 0 aliphatic heterocycles. The normalized spacial score (nSPS) is 7.23. The second-order valence-electron chi connectivity index (χ2n) is 1.57. The van der Waals surface area contributed by atoms with E-state index in [1.54, 1.807) is 12.4 Å². The molecule has 4 nitrogen and oxygen atoms in total. The molecule has 1 rings (SSSR count). The molecule has 0 saturated heterocycles. The molecule has 0 spiro atoms. The van der Waals surface area contributed by atoms with Crippen molar-refractivity contribution in [2.24, 2.45) is 0 Å². The van der Waals surface area contributed by atoms with Gasteiger partial charge in [0.2, 0.25) is 0 Å². The van der Waals surface area contributed by atoms with Gasteiger partial charge < -0.3 is 6.15 Å². The van der Waals surface area contributed by atoms with Gasteiger partial charge in [-0.3, -0.25) is 14.6 Å². The maximum Gasteiger partial charge on any atom is 0.304 e. The summed E-state index contributed by atoms with van der Waals surface area (Å²) in [4.78, 5) is 22.6. The Labute approximate surface area is 85.5 Å². The molecule has 72 valence electrons. The molecule has 0 saturated carbocycles. The molecule has 6 heteroatoms. The quantitative estimate of drug-likeness (QED) is 0.580. The molecule has 0 bridgehead atoms. The first-order valence-electron chi connectivity index (χ1n) is 2.89. The molecule has 0 atom stereocenters. The number of hydrogen-bond donors (Lipinski definition) is 1. The first kappa shape index (κ1) is 14.5. The fourth-order valence-electron chi connectivity index (χ4n) is 0.313. The summed E-state index contributed by atoms with van der Waals surface area (Å²) in [6.07, 6.45) is 3.50. The van der Waals surface area contributed by atoms with E-state index in [0.717, 1.165) is 0 Å². The van der Waals surface area contributed by atoms with Crippen molar-refractivity contribution in [2.45, 2.75) is 0 Å². The Morgan fingerprint density at radius 3 is 1.38 bits per heavy atom. The van der Waals surface area contributed by atoms with Crippen LogP contribution in [0.15, 0.2) is 30.6 Å². The molecule has 13 heavy (non-hydrogen) atoms. The van der Waals surface area contributed by atoms with E-state index in [9.17, 15) is 9.59 Å². The second kappa shape index (κ2) is 9.12. The number of nitrogens with zero attached hydrogens (tertiary/aromatic N) is 1. The molecular weight excluding hydrogens is 215 g/mol. The lowest BCUT2D eigenvalue weighted by Crippen LogP contribution is -1.94. The molecule has 1 aromatic heterocycles. The molecule has 0 aliphatic carbocycles. The zero-order valence-corrected chi connectivity index (χ0v) is 8.13. The third-order valence-electron chi connectivity index (χ3n) is 0.721. The monoisotopic (exact) mass is 222 g/mol. The van der Waals surface area contributed by atoms with Crippen molar-refractivity contribution in [1.82, 2.24) is 11.1 Å². The minimum Gasteiger partial charge on any atom is -0.344 e. The summed E-state index contributed by atoms with van der Waals surface area (Å²) in [5.74, 6) is 0. The van der Waals surface area contributed by atoms with Gasteiger partial charge in [0.05, 0.1) is 0 Å². The van der Waals surface area contributed by atoms with Crippen LogP contribution in [-0.2, 0) is 9.59 Å². The molecule has 0 radical (unpaired) electrons. The van der Waals surface area contributed by atoms with Crippen molar-refractivity contribution in [3.05, 3.63) is 30.6 Å². The number of pyridine rings is 1. The van der Waals surface area contributed by atoms with Gasteiger partial charge in [-0.15, -0.1) is 0 Å². The molecular formula is C7H8Cl2N2O2. The highest BCUT2D eigenvalue weighted by Gasteiger charge is 2.01. The Hall–Kier alpha value is -0.970. The fraction of sp³-hybridized carbons (Fsp3) is 0. The smallest absolute Gasteiger partial charge is 0.304 e. The summed E-state index contributed by atoms with van der Waals surface area (Å²) >= 11 is 8.98. The number of rotatable bonds is 1. The highest BCUT2D eigenvalue weighted by molar-refractivity contribution is 6.97. The SMILES string of the molecule is N.O=C(Cl)C(=O)Cl.c1ccncc1. The largest absolute Gasteiger partial charge is 0.344 e. The van der Waals surface area contributed by atoms with E-state index >= 15 is 0 Å². The van der Waals surface area contributed by atoms with E-state index in [4.69, 9.17) is 0 Å². The average molecular weight is 223 g/mol. The predicted octanol–water partition coefficient (Wildman–Crippen LogP) is 1.76. The van der Waals surface area contributed by atoms with Gasteiger partial charge in [0.1, 0.15) is 0 Å². The van der Waals surface area contributed by atoms with Crippen molar-refractivity contribution >= 4 is 33.7 Å². The van der Waals surface area contributed by atoms with E-state index in [1.807, 2.05) is 18.2 Å². The summed E-state index contributed by atoms with van der Waals surface area (Å²) in [6, 6.07) is 5.72. The molecule has 0 aliphatic rings.